The monoisotopic (exact) mass is 526 g/mol. The van der Waals surface area contributed by atoms with E-state index in [4.69, 9.17) is 0 Å². The molecule has 1 fully saturated rings. The van der Waals surface area contributed by atoms with Crippen molar-refractivity contribution in [3.63, 3.8) is 0 Å². The molecule has 28 heavy (non-hydrogen) atoms. The van der Waals surface area contributed by atoms with Crippen LogP contribution in [-0.4, -0.2) is 58.3 Å². The number of benzene rings is 1. The Morgan fingerprint density at radius 3 is 2.50 bits per heavy atom. The van der Waals surface area contributed by atoms with E-state index in [1.54, 1.807) is 7.05 Å². The van der Waals surface area contributed by atoms with Crippen molar-refractivity contribution < 1.29 is 12.8 Å². The molecule has 6 nitrogen and oxygen atoms in total. The number of rotatable bonds is 8. The third-order valence-electron chi connectivity index (χ3n) is 4.89. The number of guanidine groups is 1. The summed E-state index contributed by atoms with van der Waals surface area (Å²) in [6.07, 6.45) is 4.75. The van der Waals surface area contributed by atoms with Crippen LogP contribution in [0.3, 0.4) is 0 Å². The molecular formula is C19H32FIN4O2S. The van der Waals surface area contributed by atoms with Crippen molar-refractivity contribution in [3.8, 4) is 0 Å². The van der Waals surface area contributed by atoms with Gasteiger partial charge in [-0.3, -0.25) is 9.89 Å². The van der Waals surface area contributed by atoms with Gasteiger partial charge in [-0.1, -0.05) is 13.0 Å². The van der Waals surface area contributed by atoms with E-state index in [1.165, 1.54) is 37.3 Å². The Bertz CT molecular complexity index is 752. The van der Waals surface area contributed by atoms with Gasteiger partial charge in [0, 0.05) is 32.4 Å². The zero-order valence-electron chi connectivity index (χ0n) is 16.9. The van der Waals surface area contributed by atoms with Crippen LogP contribution in [0.2, 0.25) is 0 Å². The highest BCUT2D eigenvalue weighted by Gasteiger charge is 2.20. The maximum atomic E-state index is 13.6. The number of nitrogens with one attached hydrogen (secondary N) is 2. The van der Waals surface area contributed by atoms with Crippen LogP contribution >= 0.6 is 24.0 Å². The number of hydrogen-bond donors (Lipinski definition) is 2. The summed E-state index contributed by atoms with van der Waals surface area (Å²) < 4.78 is 36.9. The van der Waals surface area contributed by atoms with E-state index in [0.717, 1.165) is 26.1 Å². The van der Waals surface area contributed by atoms with Crippen LogP contribution in [0.5, 0.6) is 0 Å². The minimum atomic E-state index is -3.19. The van der Waals surface area contributed by atoms with Crippen molar-refractivity contribution in [2.75, 3.05) is 32.9 Å². The van der Waals surface area contributed by atoms with Gasteiger partial charge in [0.2, 0.25) is 0 Å². The van der Waals surface area contributed by atoms with E-state index in [2.05, 4.69) is 27.4 Å². The third-order valence-corrected chi connectivity index (χ3v) is 5.72. The molecule has 0 amide bonds. The van der Waals surface area contributed by atoms with Crippen LogP contribution < -0.4 is 10.6 Å². The highest BCUT2D eigenvalue weighted by atomic mass is 127. The molecule has 0 bridgehead atoms. The fraction of sp³-hybridized carbons (Fsp3) is 0.632. The lowest BCUT2D eigenvalue weighted by atomic mass is 10.1. The summed E-state index contributed by atoms with van der Waals surface area (Å²) in [7, 11) is -1.50. The van der Waals surface area contributed by atoms with Gasteiger partial charge in [0.1, 0.15) is 5.82 Å². The quantitative estimate of drug-likeness (QED) is 0.310. The lowest BCUT2D eigenvalue weighted by molar-refractivity contribution is 0.236. The predicted octanol–water partition coefficient (Wildman–Crippen LogP) is 2.53. The van der Waals surface area contributed by atoms with Crippen LogP contribution in [0.1, 0.15) is 37.3 Å². The van der Waals surface area contributed by atoms with Crippen LogP contribution in [0, 0.1) is 5.82 Å². The van der Waals surface area contributed by atoms with Gasteiger partial charge in [-0.25, -0.2) is 12.8 Å². The first-order valence-corrected chi connectivity index (χ1v) is 11.5. The fourth-order valence-electron chi connectivity index (χ4n) is 3.43. The van der Waals surface area contributed by atoms with Crippen LogP contribution in [0.15, 0.2) is 23.2 Å². The molecule has 1 unspecified atom stereocenters. The van der Waals surface area contributed by atoms with Crippen molar-refractivity contribution >= 4 is 39.8 Å². The van der Waals surface area contributed by atoms with E-state index >= 15 is 0 Å². The second kappa shape index (κ2) is 11.9. The number of sulfone groups is 1. The molecule has 0 radical (unpaired) electrons. The summed E-state index contributed by atoms with van der Waals surface area (Å²) in [5.41, 5.74) is 1.22. The van der Waals surface area contributed by atoms with Gasteiger partial charge in [-0.2, -0.15) is 0 Å². The molecule has 160 valence electrons. The highest BCUT2D eigenvalue weighted by Crippen LogP contribution is 2.15. The molecule has 1 heterocycles. The third kappa shape index (κ3) is 8.20. The van der Waals surface area contributed by atoms with Crippen LogP contribution in [0.4, 0.5) is 4.39 Å². The topological polar surface area (TPSA) is 73.8 Å². The molecule has 0 aromatic heterocycles. The van der Waals surface area contributed by atoms with Crippen molar-refractivity contribution in [2.45, 2.75) is 44.5 Å². The summed E-state index contributed by atoms with van der Waals surface area (Å²) in [4.78, 5) is 6.72. The van der Waals surface area contributed by atoms with Crippen molar-refractivity contribution in [1.29, 1.82) is 0 Å². The summed E-state index contributed by atoms with van der Waals surface area (Å²) in [6, 6.07) is 4.66. The van der Waals surface area contributed by atoms with Crippen LogP contribution in [-0.2, 0) is 22.1 Å². The smallest absolute Gasteiger partial charge is 0.191 e. The van der Waals surface area contributed by atoms with Crippen molar-refractivity contribution in [2.24, 2.45) is 4.99 Å². The van der Waals surface area contributed by atoms with Gasteiger partial charge in [0.25, 0.3) is 0 Å². The fourth-order valence-corrected chi connectivity index (χ4v) is 4.28. The number of halogens is 2. The van der Waals surface area contributed by atoms with E-state index in [-0.39, 0.29) is 35.5 Å². The first kappa shape index (κ1) is 25.1. The van der Waals surface area contributed by atoms with Gasteiger partial charge < -0.3 is 10.6 Å². The average molecular weight is 526 g/mol. The Balaban J connectivity index is 0.00000392. The number of hydrogen-bond acceptors (Lipinski definition) is 4. The molecule has 0 aliphatic carbocycles. The Hall–Kier alpha value is -0.940. The van der Waals surface area contributed by atoms with Gasteiger partial charge >= 0.3 is 0 Å². The van der Waals surface area contributed by atoms with E-state index in [0.29, 0.717) is 29.7 Å². The largest absolute Gasteiger partial charge is 0.355 e. The summed E-state index contributed by atoms with van der Waals surface area (Å²) in [6.45, 7) is 5.57. The Kier molecular flexibility index (Phi) is 10.7. The van der Waals surface area contributed by atoms with Crippen LogP contribution in [0.25, 0.3) is 0 Å². The Morgan fingerprint density at radius 1 is 1.25 bits per heavy atom. The number of likely N-dealkylation sites (tertiary alicyclic amines) is 1. The second-order valence-corrected chi connectivity index (χ2v) is 9.24. The molecule has 1 aromatic rings. The molecule has 1 aliphatic rings. The normalized spacial score (nSPS) is 16.5. The number of aliphatic imine (C=N–C) groups is 1. The average Bonchev–Trinajstić information content (AvgIpc) is 3.13. The molecular weight excluding hydrogens is 494 g/mol. The zero-order chi connectivity index (χ0) is 19.9. The molecule has 1 saturated heterocycles. The minimum absolute atomic E-state index is 0. The minimum Gasteiger partial charge on any atom is -0.355 e. The van der Waals surface area contributed by atoms with Gasteiger partial charge in [0.15, 0.2) is 15.8 Å². The second-order valence-electron chi connectivity index (χ2n) is 7.09. The molecule has 2 rings (SSSR count). The van der Waals surface area contributed by atoms with Gasteiger partial charge in [-0.05, 0) is 55.6 Å². The van der Waals surface area contributed by atoms with Gasteiger partial charge in [-0.15, -0.1) is 24.0 Å². The highest BCUT2D eigenvalue weighted by molar-refractivity contribution is 14.0. The Morgan fingerprint density at radius 2 is 1.93 bits per heavy atom. The predicted molar refractivity (Wildman–Crippen MR) is 123 cm³/mol. The SMILES string of the molecule is CCC(CNC(=NC)NCc1cc(F)ccc1CS(C)(=O)=O)N1CCCC1.I. The lowest BCUT2D eigenvalue weighted by Crippen LogP contribution is -2.46. The number of nitrogens with zero attached hydrogens (tertiary/aromatic N) is 2. The molecule has 1 aromatic carbocycles. The maximum Gasteiger partial charge on any atom is 0.191 e. The Labute approximate surface area is 185 Å². The summed E-state index contributed by atoms with van der Waals surface area (Å²) in [5, 5.41) is 6.50. The molecule has 9 heteroatoms. The van der Waals surface area contributed by atoms with E-state index < -0.39 is 9.84 Å². The standard InChI is InChI=1S/C19H31FN4O2S.HI/c1-4-18(24-9-5-6-10-24)13-23-19(21-2)22-12-16-11-17(20)8-7-15(16)14-27(3,25)26;/h7-8,11,18H,4-6,9-10,12-14H2,1-3H3,(H2,21,22,23);1H. The molecule has 2 N–H and O–H groups in total. The van der Waals surface area contributed by atoms with Gasteiger partial charge in [0.05, 0.1) is 5.75 Å². The van der Waals surface area contributed by atoms with Crippen molar-refractivity contribution in [1.82, 2.24) is 15.5 Å². The van der Waals surface area contributed by atoms with Crippen molar-refractivity contribution in [3.05, 3.63) is 35.1 Å². The molecule has 0 saturated carbocycles. The van der Waals surface area contributed by atoms with E-state index in [1.807, 2.05) is 0 Å². The molecule has 0 spiro atoms. The maximum absolute atomic E-state index is 13.6. The zero-order valence-corrected chi connectivity index (χ0v) is 20.0. The summed E-state index contributed by atoms with van der Waals surface area (Å²) in [5.74, 6) is 0.137. The lowest BCUT2D eigenvalue weighted by Gasteiger charge is -2.27. The molecule has 1 atom stereocenters. The summed E-state index contributed by atoms with van der Waals surface area (Å²) >= 11 is 0. The first-order valence-electron chi connectivity index (χ1n) is 9.46. The molecule has 1 aliphatic heterocycles. The van der Waals surface area contributed by atoms with E-state index in [9.17, 15) is 12.8 Å². The first-order chi connectivity index (χ1) is 12.8.